The lowest BCUT2D eigenvalue weighted by molar-refractivity contribution is 0.0497. The average Bonchev–Trinajstić information content (AvgIpc) is 2.64. The standard InChI is InChI=1S/C20H25NO3/c22-20(18-11-10-14-21-17-18)24-16-9-4-2-1-3-8-15-23-19-12-6-5-7-13-19/h5-7,10-14,17H,1-4,8-9,15-16H2. The van der Waals surface area contributed by atoms with Crippen LogP contribution in [0.15, 0.2) is 54.9 Å². The van der Waals surface area contributed by atoms with E-state index in [1.807, 2.05) is 30.3 Å². The van der Waals surface area contributed by atoms with Gasteiger partial charge in [0.1, 0.15) is 5.75 Å². The Morgan fingerprint density at radius 3 is 2.25 bits per heavy atom. The molecule has 2 aromatic rings. The molecule has 1 aromatic heterocycles. The average molecular weight is 327 g/mol. The van der Waals surface area contributed by atoms with Crippen molar-refractivity contribution >= 4 is 5.97 Å². The molecule has 1 aromatic carbocycles. The van der Waals surface area contributed by atoms with Crippen molar-refractivity contribution in [2.75, 3.05) is 13.2 Å². The number of hydrogen-bond donors (Lipinski definition) is 0. The van der Waals surface area contributed by atoms with Gasteiger partial charge in [-0.3, -0.25) is 4.98 Å². The lowest BCUT2D eigenvalue weighted by Crippen LogP contribution is -2.06. The van der Waals surface area contributed by atoms with Gasteiger partial charge >= 0.3 is 5.97 Å². The van der Waals surface area contributed by atoms with Gasteiger partial charge in [-0.15, -0.1) is 0 Å². The largest absolute Gasteiger partial charge is 0.494 e. The minimum Gasteiger partial charge on any atom is -0.494 e. The summed E-state index contributed by atoms with van der Waals surface area (Å²) in [5.41, 5.74) is 0.510. The Kier molecular flexibility index (Phi) is 8.41. The molecule has 1 heterocycles. The van der Waals surface area contributed by atoms with Gasteiger partial charge < -0.3 is 9.47 Å². The molecule has 0 aliphatic carbocycles. The first kappa shape index (κ1) is 18.0. The van der Waals surface area contributed by atoms with Crippen molar-refractivity contribution in [2.45, 2.75) is 38.5 Å². The number of carbonyl (C=O) groups is 1. The zero-order valence-corrected chi connectivity index (χ0v) is 14.0. The Hall–Kier alpha value is -2.36. The van der Waals surface area contributed by atoms with Crippen LogP contribution in [0.25, 0.3) is 0 Å². The smallest absolute Gasteiger partial charge is 0.339 e. The molecule has 0 saturated heterocycles. The van der Waals surface area contributed by atoms with Crippen LogP contribution in [0.2, 0.25) is 0 Å². The molecule has 0 spiro atoms. The molecule has 4 nitrogen and oxygen atoms in total. The summed E-state index contributed by atoms with van der Waals surface area (Å²) in [5.74, 6) is 0.647. The van der Waals surface area contributed by atoms with Crippen LogP contribution in [0.5, 0.6) is 5.75 Å². The zero-order chi connectivity index (χ0) is 16.9. The fraction of sp³-hybridized carbons (Fsp3) is 0.400. The van der Waals surface area contributed by atoms with E-state index in [0.29, 0.717) is 12.2 Å². The predicted octanol–water partition coefficient (Wildman–Crippen LogP) is 4.66. The Bertz CT molecular complexity index is 572. The molecule has 4 heteroatoms. The molecule has 0 fully saturated rings. The highest BCUT2D eigenvalue weighted by Gasteiger charge is 2.05. The molecule has 0 aliphatic rings. The van der Waals surface area contributed by atoms with E-state index in [1.54, 1.807) is 18.3 Å². The van der Waals surface area contributed by atoms with Crippen LogP contribution in [-0.2, 0) is 4.74 Å². The SMILES string of the molecule is O=C(OCCCCCCCCOc1ccccc1)c1cccnc1. The van der Waals surface area contributed by atoms with E-state index in [0.717, 1.165) is 38.0 Å². The molecule has 0 N–H and O–H groups in total. The van der Waals surface area contributed by atoms with E-state index < -0.39 is 0 Å². The van der Waals surface area contributed by atoms with Gasteiger partial charge in [0.25, 0.3) is 0 Å². The summed E-state index contributed by atoms with van der Waals surface area (Å²) >= 11 is 0. The molecule has 2 rings (SSSR count). The van der Waals surface area contributed by atoms with Crippen LogP contribution in [0.3, 0.4) is 0 Å². The van der Waals surface area contributed by atoms with E-state index in [1.165, 1.54) is 19.0 Å². The summed E-state index contributed by atoms with van der Waals surface area (Å²) in [5, 5.41) is 0. The van der Waals surface area contributed by atoms with Crippen molar-refractivity contribution < 1.29 is 14.3 Å². The number of unbranched alkanes of at least 4 members (excludes halogenated alkanes) is 5. The van der Waals surface area contributed by atoms with Gasteiger partial charge in [0.2, 0.25) is 0 Å². The zero-order valence-electron chi connectivity index (χ0n) is 14.0. The number of aromatic nitrogens is 1. The van der Waals surface area contributed by atoms with Gasteiger partial charge in [-0.1, -0.05) is 43.9 Å². The molecule has 0 aliphatic heterocycles. The first-order chi connectivity index (χ1) is 11.9. The quantitative estimate of drug-likeness (QED) is 0.445. The molecule has 0 amide bonds. The minimum atomic E-state index is -0.291. The number of para-hydroxylation sites is 1. The summed E-state index contributed by atoms with van der Waals surface area (Å²) in [6, 6.07) is 13.4. The van der Waals surface area contributed by atoms with Gasteiger partial charge in [-0.25, -0.2) is 4.79 Å². The normalized spacial score (nSPS) is 10.3. The van der Waals surface area contributed by atoms with Crippen molar-refractivity contribution in [2.24, 2.45) is 0 Å². The highest BCUT2D eigenvalue weighted by molar-refractivity contribution is 5.88. The molecular weight excluding hydrogens is 302 g/mol. The van der Waals surface area contributed by atoms with Crippen molar-refractivity contribution in [3.63, 3.8) is 0 Å². The lowest BCUT2D eigenvalue weighted by Gasteiger charge is -2.06. The Balaban J connectivity index is 1.40. The third-order valence-corrected chi connectivity index (χ3v) is 3.68. The van der Waals surface area contributed by atoms with E-state index in [2.05, 4.69) is 4.98 Å². The second-order valence-corrected chi connectivity index (χ2v) is 5.66. The summed E-state index contributed by atoms with van der Waals surface area (Å²) in [6.45, 7) is 1.25. The van der Waals surface area contributed by atoms with Crippen molar-refractivity contribution in [3.8, 4) is 5.75 Å². The maximum Gasteiger partial charge on any atom is 0.339 e. The second kappa shape index (κ2) is 11.2. The molecular formula is C20H25NO3. The van der Waals surface area contributed by atoms with Crippen molar-refractivity contribution in [1.29, 1.82) is 0 Å². The first-order valence-corrected chi connectivity index (χ1v) is 8.61. The molecule has 0 unspecified atom stereocenters. The van der Waals surface area contributed by atoms with Crippen molar-refractivity contribution in [3.05, 3.63) is 60.4 Å². The van der Waals surface area contributed by atoms with E-state index in [-0.39, 0.29) is 5.97 Å². The Morgan fingerprint density at radius 2 is 1.54 bits per heavy atom. The minimum absolute atomic E-state index is 0.291. The van der Waals surface area contributed by atoms with Crippen molar-refractivity contribution in [1.82, 2.24) is 4.98 Å². The van der Waals surface area contributed by atoms with Gasteiger partial charge in [-0.2, -0.15) is 0 Å². The second-order valence-electron chi connectivity index (χ2n) is 5.66. The van der Waals surface area contributed by atoms with E-state index in [9.17, 15) is 4.79 Å². The number of ether oxygens (including phenoxy) is 2. The highest BCUT2D eigenvalue weighted by Crippen LogP contribution is 2.10. The number of pyridine rings is 1. The first-order valence-electron chi connectivity index (χ1n) is 8.61. The number of benzene rings is 1. The maximum atomic E-state index is 11.7. The van der Waals surface area contributed by atoms with Crippen LogP contribution in [0, 0.1) is 0 Å². The monoisotopic (exact) mass is 327 g/mol. The molecule has 24 heavy (non-hydrogen) atoms. The van der Waals surface area contributed by atoms with E-state index >= 15 is 0 Å². The highest BCUT2D eigenvalue weighted by atomic mass is 16.5. The summed E-state index contributed by atoms with van der Waals surface area (Å²) < 4.78 is 10.9. The van der Waals surface area contributed by atoms with Crippen LogP contribution in [-0.4, -0.2) is 24.2 Å². The fourth-order valence-corrected chi connectivity index (χ4v) is 2.35. The number of hydrogen-bond acceptors (Lipinski definition) is 4. The number of nitrogens with zero attached hydrogens (tertiary/aromatic N) is 1. The van der Waals surface area contributed by atoms with Gasteiger partial charge in [-0.05, 0) is 37.1 Å². The van der Waals surface area contributed by atoms with Crippen LogP contribution < -0.4 is 4.74 Å². The Labute approximate surface area is 143 Å². The Morgan fingerprint density at radius 1 is 0.833 bits per heavy atom. The summed E-state index contributed by atoms with van der Waals surface area (Å²) in [6.07, 6.45) is 9.76. The number of carbonyl (C=O) groups excluding carboxylic acids is 1. The van der Waals surface area contributed by atoms with Gasteiger partial charge in [0, 0.05) is 12.4 Å². The molecule has 0 radical (unpaired) electrons. The third kappa shape index (κ3) is 7.27. The molecule has 0 saturated carbocycles. The summed E-state index contributed by atoms with van der Waals surface area (Å²) in [4.78, 5) is 15.6. The molecule has 128 valence electrons. The molecule has 0 bridgehead atoms. The number of esters is 1. The van der Waals surface area contributed by atoms with Crippen LogP contribution in [0.1, 0.15) is 48.9 Å². The predicted molar refractivity (Wildman–Crippen MR) is 94.2 cm³/mol. The third-order valence-electron chi connectivity index (χ3n) is 3.68. The fourth-order valence-electron chi connectivity index (χ4n) is 2.35. The van der Waals surface area contributed by atoms with Gasteiger partial charge in [0.15, 0.2) is 0 Å². The van der Waals surface area contributed by atoms with Crippen LogP contribution in [0.4, 0.5) is 0 Å². The number of rotatable bonds is 11. The maximum absolute atomic E-state index is 11.7. The van der Waals surface area contributed by atoms with Crippen LogP contribution >= 0.6 is 0 Å². The van der Waals surface area contributed by atoms with Gasteiger partial charge in [0.05, 0.1) is 18.8 Å². The van der Waals surface area contributed by atoms with E-state index in [4.69, 9.17) is 9.47 Å². The topological polar surface area (TPSA) is 48.4 Å². The molecule has 0 atom stereocenters. The lowest BCUT2D eigenvalue weighted by atomic mass is 10.1. The summed E-state index contributed by atoms with van der Waals surface area (Å²) in [7, 11) is 0.